The second kappa shape index (κ2) is 9.93. The Morgan fingerprint density at radius 1 is 0.885 bits per heavy atom. The predicted molar refractivity (Wildman–Crippen MR) is 108 cm³/mol. The minimum atomic E-state index is 0.288. The summed E-state index contributed by atoms with van der Waals surface area (Å²) < 4.78 is 0. The molecule has 26 heavy (non-hydrogen) atoms. The molecule has 0 N–H and O–H groups in total. The molecule has 2 aromatic rings. The molecule has 3 heteroatoms. The summed E-state index contributed by atoms with van der Waals surface area (Å²) in [5.41, 5.74) is 2.48. The van der Waals surface area contributed by atoms with Crippen LogP contribution >= 0.6 is 0 Å². The average molecular weight is 348 g/mol. The number of amides is 1. The van der Waals surface area contributed by atoms with E-state index in [0.29, 0.717) is 6.42 Å². The molecule has 3 rings (SSSR count). The van der Waals surface area contributed by atoms with Crippen LogP contribution in [-0.2, 0) is 11.2 Å². The number of carbonyl (C=O) groups excluding carboxylic acids is 1. The van der Waals surface area contributed by atoms with Crippen molar-refractivity contribution in [1.29, 1.82) is 0 Å². The molecule has 1 amide bonds. The summed E-state index contributed by atoms with van der Waals surface area (Å²) in [7, 11) is 0. The van der Waals surface area contributed by atoms with Crippen molar-refractivity contribution in [3.63, 3.8) is 0 Å². The molecule has 0 unspecified atom stereocenters. The normalized spacial score (nSPS) is 15.9. The molecule has 1 aliphatic rings. The van der Waals surface area contributed by atoms with Crippen LogP contribution in [0.1, 0.15) is 24.0 Å². The summed E-state index contributed by atoms with van der Waals surface area (Å²) in [6.45, 7) is 4.68. The Hall–Kier alpha value is -2.39. The standard InChI is InChI=1S/C23H28N2O/c26-23(15-14-22-11-5-2-6-12-22)25-18-8-17-24(19-20-25)16-7-13-21-9-3-1-4-10-21/h1-7,9-13H,8,14-20H2. The van der Waals surface area contributed by atoms with Crippen LogP contribution in [0.3, 0.4) is 0 Å². The maximum absolute atomic E-state index is 12.5. The minimum Gasteiger partial charge on any atom is -0.341 e. The first kappa shape index (κ1) is 18.4. The summed E-state index contributed by atoms with van der Waals surface area (Å²) in [5.74, 6) is 0.288. The Kier molecular flexibility index (Phi) is 7.03. The highest BCUT2D eigenvalue weighted by molar-refractivity contribution is 5.76. The van der Waals surface area contributed by atoms with Gasteiger partial charge in [-0.05, 0) is 24.0 Å². The molecule has 1 saturated heterocycles. The number of nitrogens with zero attached hydrogens (tertiary/aromatic N) is 2. The lowest BCUT2D eigenvalue weighted by Crippen LogP contribution is -2.35. The molecular formula is C23H28N2O. The predicted octanol–water partition coefficient (Wildman–Crippen LogP) is 3.87. The van der Waals surface area contributed by atoms with Crippen molar-refractivity contribution >= 4 is 12.0 Å². The zero-order valence-electron chi connectivity index (χ0n) is 15.4. The van der Waals surface area contributed by atoms with E-state index >= 15 is 0 Å². The average Bonchev–Trinajstić information content (AvgIpc) is 2.94. The summed E-state index contributed by atoms with van der Waals surface area (Å²) in [6.07, 6.45) is 6.89. The maximum atomic E-state index is 12.5. The summed E-state index contributed by atoms with van der Waals surface area (Å²) in [6, 6.07) is 20.7. The van der Waals surface area contributed by atoms with E-state index in [9.17, 15) is 4.79 Å². The molecule has 2 aromatic carbocycles. The van der Waals surface area contributed by atoms with Crippen molar-refractivity contribution in [3.05, 3.63) is 77.9 Å². The van der Waals surface area contributed by atoms with Crippen molar-refractivity contribution in [2.45, 2.75) is 19.3 Å². The highest BCUT2D eigenvalue weighted by Gasteiger charge is 2.18. The minimum absolute atomic E-state index is 0.288. The molecule has 136 valence electrons. The zero-order valence-corrected chi connectivity index (χ0v) is 15.4. The highest BCUT2D eigenvalue weighted by Crippen LogP contribution is 2.09. The second-order valence-electron chi connectivity index (χ2n) is 6.83. The number of hydrogen-bond acceptors (Lipinski definition) is 2. The van der Waals surface area contributed by atoms with Crippen LogP contribution in [0.2, 0.25) is 0 Å². The number of benzene rings is 2. The van der Waals surface area contributed by atoms with Crippen LogP contribution in [0.4, 0.5) is 0 Å². The Labute approximate surface area is 156 Å². The molecule has 1 heterocycles. The number of rotatable bonds is 6. The van der Waals surface area contributed by atoms with Gasteiger partial charge >= 0.3 is 0 Å². The van der Waals surface area contributed by atoms with E-state index in [1.807, 2.05) is 29.2 Å². The molecule has 0 bridgehead atoms. The van der Waals surface area contributed by atoms with Crippen molar-refractivity contribution < 1.29 is 4.79 Å². The van der Waals surface area contributed by atoms with Crippen LogP contribution in [0.25, 0.3) is 6.08 Å². The summed E-state index contributed by atoms with van der Waals surface area (Å²) in [4.78, 5) is 17.0. The Balaban J connectivity index is 1.42. The number of hydrogen-bond donors (Lipinski definition) is 0. The second-order valence-corrected chi connectivity index (χ2v) is 6.83. The number of aryl methyl sites for hydroxylation is 1. The van der Waals surface area contributed by atoms with Crippen molar-refractivity contribution in [3.8, 4) is 0 Å². The fourth-order valence-electron chi connectivity index (χ4n) is 3.36. The van der Waals surface area contributed by atoms with Gasteiger partial charge in [0.1, 0.15) is 0 Å². The fourth-order valence-corrected chi connectivity index (χ4v) is 3.36. The number of carbonyl (C=O) groups is 1. The molecule has 0 spiro atoms. The molecule has 0 saturated carbocycles. The third-order valence-corrected chi connectivity index (χ3v) is 4.89. The molecular weight excluding hydrogens is 320 g/mol. The van der Waals surface area contributed by atoms with Gasteiger partial charge in [-0.15, -0.1) is 0 Å². The molecule has 3 nitrogen and oxygen atoms in total. The summed E-state index contributed by atoms with van der Waals surface area (Å²) >= 11 is 0. The van der Waals surface area contributed by atoms with Crippen molar-refractivity contribution in [2.24, 2.45) is 0 Å². The van der Waals surface area contributed by atoms with Crippen LogP contribution < -0.4 is 0 Å². The van der Waals surface area contributed by atoms with Crippen molar-refractivity contribution in [1.82, 2.24) is 9.80 Å². The van der Waals surface area contributed by atoms with Crippen LogP contribution in [-0.4, -0.2) is 48.4 Å². The lowest BCUT2D eigenvalue weighted by molar-refractivity contribution is -0.131. The molecule has 0 radical (unpaired) electrons. The third-order valence-electron chi connectivity index (χ3n) is 4.89. The fraction of sp³-hybridized carbons (Fsp3) is 0.348. The van der Waals surface area contributed by atoms with Gasteiger partial charge in [-0.25, -0.2) is 0 Å². The van der Waals surface area contributed by atoms with Gasteiger partial charge in [-0.2, -0.15) is 0 Å². The highest BCUT2D eigenvalue weighted by atomic mass is 16.2. The summed E-state index contributed by atoms with van der Waals surface area (Å²) in [5, 5.41) is 0. The quantitative estimate of drug-likeness (QED) is 0.791. The van der Waals surface area contributed by atoms with Gasteiger partial charge in [0.15, 0.2) is 0 Å². The lowest BCUT2D eigenvalue weighted by Gasteiger charge is -2.21. The van der Waals surface area contributed by atoms with E-state index in [-0.39, 0.29) is 5.91 Å². The van der Waals surface area contributed by atoms with E-state index in [1.165, 1.54) is 11.1 Å². The van der Waals surface area contributed by atoms with Crippen molar-refractivity contribution in [2.75, 3.05) is 32.7 Å². The lowest BCUT2D eigenvalue weighted by atomic mass is 10.1. The van der Waals surface area contributed by atoms with Gasteiger partial charge in [-0.1, -0.05) is 72.8 Å². The Bertz CT molecular complexity index is 697. The molecule has 0 aromatic heterocycles. The SMILES string of the molecule is O=C(CCc1ccccc1)N1CCCN(CC=Cc2ccccc2)CC1. The first-order valence-electron chi connectivity index (χ1n) is 9.57. The first-order chi connectivity index (χ1) is 12.8. The van der Waals surface area contributed by atoms with Crippen LogP contribution in [0, 0.1) is 0 Å². The molecule has 0 aliphatic carbocycles. The van der Waals surface area contributed by atoms with E-state index in [1.54, 1.807) is 0 Å². The molecule has 1 aliphatic heterocycles. The largest absolute Gasteiger partial charge is 0.341 e. The topological polar surface area (TPSA) is 23.6 Å². The Morgan fingerprint density at radius 3 is 2.38 bits per heavy atom. The van der Waals surface area contributed by atoms with E-state index in [4.69, 9.17) is 0 Å². The monoisotopic (exact) mass is 348 g/mol. The van der Waals surface area contributed by atoms with Crippen LogP contribution in [0.5, 0.6) is 0 Å². The molecule has 0 atom stereocenters. The van der Waals surface area contributed by atoms with Gasteiger partial charge in [-0.3, -0.25) is 9.69 Å². The van der Waals surface area contributed by atoms with Gasteiger partial charge in [0.2, 0.25) is 5.91 Å². The smallest absolute Gasteiger partial charge is 0.222 e. The van der Waals surface area contributed by atoms with E-state index in [0.717, 1.165) is 45.6 Å². The van der Waals surface area contributed by atoms with Gasteiger partial charge in [0.05, 0.1) is 0 Å². The van der Waals surface area contributed by atoms with Crippen LogP contribution in [0.15, 0.2) is 66.7 Å². The molecule has 1 fully saturated rings. The van der Waals surface area contributed by atoms with Gasteiger partial charge in [0.25, 0.3) is 0 Å². The Morgan fingerprint density at radius 2 is 1.62 bits per heavy atom. The van der Waals surface area contributed by atoms with E-state index in [2.05, 4.69) is 53.5 Å². The van der Waals surface area contributed by atoms with Gasteiger partial charge in [0, 0.05) is 39.1 Å². The zero-order chi connectivity index (χ0) is 18.0. The van der Waals surface area contributed by atoms with E-state index < -0.39 is 0 Å². The maximum Gasteiger partial charge on any atom is 0.222 e. The third kappa shape index (κ3) is 5.85. The first-order valence-corrected chi connectivity index (χ1v) is 9.57. The van der Waals surface area contributed by atoms with Gasteiger partial charge < -0.3 is 4.90 Å².